The SMILES string of the molecule is CC[N+]1([O-])C=C(N)[N+]([O-])(CC)C1N. The third-order valence-corrected chi connectivity index (χ3v) is 2.63. The minimum absolute atomic E-state index is 0.0202. The summed E-state index contributed by atoms with van der Waals surface area (Å²) in [6.45, 7) is 3.76. The monoisotopic (exact) mass is 188 g/mol. The number of nitrogens with zero attached hydrogens (tertiary/aromatic N) is 2. The van der Waals surface area contributed by atoms with Crippen molar-refractivity contribution < 1.29 is 9.29 Å². The van der Waals surface area contributed by atoms with Gasteiger partial charge in [-0.25, -0.2) is 10.4 Å². The van der Waals surface area contributed by atoms with Crippen molar-refractivity contribution in [1.82, 2.24) is 0 Å². The minimum atomic E-state index is -1.07. The molecule has 0 aromatic carbocycles. The van der Waals surface area contributed by atoms with Crippen LogP contribution in [0, 0.1) is 10.4 Å². The summed E-state index contributed by atoms with van der Waals surface area (Å²) >= 11 is 0. The van der Waals surface area contributed by atoms with Gasteiger partial charge in [0.2, 0.25) is 0 Å². The Balaban J connectivity index is 3.05. The van der Waals surface area contributed by atoms with Crippen molar-refractivity contribution in [2.75, 3.05) is 13.1 Å². The molecule has 1 rings (SSSR count). The molecule has 0 fully saturated rings. The van der Waals surface area contributed by atoms with E-state index in [9.17, 15) is 10.4 Å². The van der Waals surface area contributed by atoms with Crippen LogP contribution < -0.4 is 11.5 Å². The molecule has 3 atom stereocenters. The highest BCUT2D eigenvalue weighted by atomic mass is 16.6. The third kappa shape index (κ3) is 1.23. The highest BCUT2D eigenvalue weighted by Gasteiger charge is 2.46. The Kier molecular flexibility index (Phi) is 2.35. The molecule has 1 aliphatic heterocycles. The molecular weight excluding hydrogens is 172 g/mol. The van der Waals surface area contributed by atoms with Crippen molar-refractivity contribution in [1.29, 1.82) is 0 Å². The summed E-state index contributed by atoms with van der Waals surface area (Å²) in [5, 5.41) is 23.7. The summed E-state index contributed by atoms with van der Waals surface area (Å²) < 4.78 is -1.74. The number of nitrogens with two attached hydrogens (primary N) is 2. The molecule has 0 aromatic rings. The summed E-state index contributed by atoms with van der Waals surface area (Å²) in [5.41, 5.74) is 11.1. The maximum atomic E-state index is 11.9. The molecule has 0 spiro atoms. The molecule has 1 heterocycles. The maximum absolute atomic E-state index is 11.9. The zero-order valence-electron chi connectivity index (χ0n) is 7.93. The topological polar surface area (TPSA) is 98.2 Å². The van der Waals surface area contributed by atoms with E-state index < -0.39 is 15.6 Å². The number of hydroxylamine groups is 6. The lowest BCUT2D eigenvalue weighted by Gasteiger charge is -2.46. The fourth-order valence-electron chi connectivity index (χ4n) is 1.51. The maximum Gasteiger partial charge on any atom is 0.284 e. The van der Waals surface area contributed by atoms with Gasteiger partial charge in [0, 0.05) is 0 Å². The average Bonchev–Trinajstić information content (AvgIpc) is 2.29. The second-order valence-electron chi connectivity index (χ2n) is 3.25. The molecule has 3 unspecified atom stereocenters. The Morgan fingerprint density at radius 2 is 1.92 bits per heavy atom. The van der Waals surface area contributed by atoms with Gasteiger partial charge in [-0.05, 0) is 13.8 Å². The number of hydrogen-bond acceptors (Lipinski definition) is 4. The van der Waals surface area contributed by atoms with Crippen LogP contribution in [-0.4, -0.2) is 28.7 Å². The van der Waals surface area contributed by atoms with Crippen LogP contribution in [0.25, 0.3) is 0 Å². The van der Waals surface area contributed by atoms with Crippen molar-refractivity contribution in [3.05, 3.63) is 22.4 Å². The molecule has 0 radical (unpaired) electrons. The summed E-state index contributed by atoms with van der Waals surface area (Å²) in [7, 11) is 0. The van der Waals surface area contributed by atoms with Gasteiger partial charge in [0.15, 0.2) is 6.20 Å². The minimum Gasteiger partial charge on any atom is -0.622 e. The first kappa shape index (κ1) is 10.4. The second kappa shape index (κ2) is 2.93. The Morgan fingerprint density at radius 3 is 2.15 bits per heavy atom. The first-order valence-electron chi connectivity index (χ1n) is 4.32. The highest BCUT2D eigenvalue weighted by molar-refractivity contribution is 4.89. The van der Waals surface area contributed by atoms with Crippen molar-refractivity contribution in [2.45, 2.75) is 20.1 Å². The van der Waals surface area contributed by atoms with Crippen molar-refractivity contribution in [2.24, 2.45) is 11.5 Å². The Morgan fingerprint density at radius 1 is 1.38 bits per heavy atom. The zero-order valence-corrected chi connectivity index (χ0v) is 7.93. The zero-order chi connectivity index (χ0) is 10.3. The van der Waals surface area contributed by atoms with E-state index in [4.69, 9.17) is 11.5 Å². The number of rotatable bonds is 2. The van der Waals surface area contributed by atoms with E-state index in [2.05, 4.69) is 0 Å². The van der Waals surface area contributed by atoms with Gasteiger partial charge < -0.3 is 16.1 Å². The summed E-state index contributed by atoms with van der Waals surface area (Å²) in [5.74, 6) is 0.0202. The van der Waals surface area contributed by atoms with Crippen LogP contribution in [0.5, 0.6) is 0 Å². The van der Waals surface area contributed by atoms with Crippen LogP contribution in [0.4, 0.5) is 0 Å². The van der Waals surface area contributed by atoms with Gasteiger partial charge in [-0.2, -0.15) is 0 Å². The summed E-state index contributed by atoms with van der Waals surface area (Å²) in [6, 6.07) is 0. The lowest BCUT2D eigenvalue weighted by Crippen LogP contribution is -2.63. The molecule has 1 aliphatic rings. The highest BCUT2D eigenvalue weighted by Crippen LogP contribution is 2.30. The first-order chi connectivity index (χ1) is 5.90. The predicted molar refractivity (Wildman–Crippen MR) is 48.6 cm³/mol. The molecule has 6 heteroatoms. The van der Waals surface area contributed by atoms with Crippen LogP contribution in [0.2, 0.25) is 0 Å². The van der Waals surface area contributed by atoms with E-state index in [0.717, 1.165) is 0 Å². The molecule has 13 heavy (non-hydrogen) atoms. The normalized spacial score (nSPS) is 45.0. The average molecular weight is 188 g/mol. The van der Waals surface area contributed by atoms with Crippen LogP contribution in [-0.2, 0) is 0 Å². The largest absolute Gasteiger partial charge is 0.622 e. The van der Waals surface area contributed by atoms with Crippen molar-refractivity contribution in [3.8, 4) is 0 Å². The molecular formula is C7H16N4O2. The van der Waals surface area contributed by atoms with Gasteiger partial charge in [0.1, 0.15) is 0 Å². The van der Waals surface area contributed by atoms with Gasteiger partial charge in [-0.15, -0.1) is 0 Å². The summed E-state index contributed by atoms with van der Waals surface area (Å²) in [6.07, 6.45) is 0.135. The number of hydrogen-bond donors (Lipinski definition) is 2. The standard InChI is InChI=1S/C7H16N4O2/c1-3-10(12)5-6(8)11(13,4-2)7(10)9/h5,7H,3-4,8-9H2,1-2H3. The molecule has 4 N–H and O–H groups in total. The Hall–Kier alpha value is -0.660. The molecule has 0 bridgehead atoms. The Bertz CT molecular complexity index is 245. The quantitative estimate of drug-likeness (QED) is 0.458. The van der Waals surface area contributed by atoms with E-state index in [-0.39, 0.29) is 18.9 Å². The van der Waals surface area contributed by atoms with Crippen LogP contribution in [0.3, 0.4) is 0 Å². The lowest BCUT2D eigenvalue weighted by molar-refractivity contribution is -1.03. The van der Waals surface area contributed by atoms with E-state index in [0.29, 0.717) is 0 Å². The molecule has 0 saturated carbocycles. The van der Waals surface area contributed by atoms with E-state index in [1.54, 1.807) is 13.8 Å². The molecule has 0 aliphatic carbocycles. The van der Waals surface area contributed by atoms with Gasteiger partial charge in [0.25, 0.3) is 12.1 Å². The molecule has 0 aromatic heterocycles. The fourth-order valence-corrected chi connectivity index (χ4v) is 1.51. The second-order valence-corrected chi connectivity index (χ2v) is 3.25. The van der Waals surface area contributed by atoms with Crippen LogP contribution in [0.1, 0.15) is 13.8 Å². The number of quaternary nitrogens is 2. The molecule has 6 nitrogen and oxygen atoms in total. The van der Waals surface area contributed by atoms with Gasteiger partial charge >= 0.3 is 0 Å². The van der Waals surface area contributed by atoms with Gasteiger partial charge in [0.05, 0.1) is 13.1 Å². The molecule has 76 valence electrons. The summed E-state index contributed by atoms with van der Waals surface area (Å²) in [4.78, 5) is 0. The lowest BCUT2D eigenvalue weighted by atomic mass is 10.5. The Labute approximate surface area is 77.3 Å². The van der Waals surface area contributed by atoms with Crippen LogP contribution in [0.15, 0.2) is 12.0 Å². The van der Waals surface area contributed by atoms with Crippen molar-refractivity contribution >= 4 is 0 Å². The van der Waals surface area contributed by atoms with Crippen molar-refractivity contribution in [3.63, 3.8) is 0 Å². The molecule has 0 saturated heterocycles. The van der Waals surface area contributed by atoms with Crippen LogP contribution >= 0.6 is 0 Å². The van der Waals surface area contributed by atoms with E-state index >= 15 is 0 Å². The fraction of sp³-hybridized carbons (Fsp3) is 0.714. The van der Waals surface area contributed by atoms with E-state index in [1.165, 1.54) is 6.20 Å². The smallest absolute Gasteiger partial charge is 0.284 e. The predicted octanol–water partition coefficient (Wildman–Crippen LogP) is -0.331. The third-order valence-electron chi connectivity index (χ3n) is 2.63. The first-order valence-corrected chi connectivity index (χ1v) is 4.32. The van der Waals surface area contributed by atoms with Gasteiger partial charge in [-0.1, -0.05) is 0 Å². The van der Waals surface area contributed by atoms with E-state index in [1.807, 2.05) is 0 Å². The van der Waals surface area contributed by atoms with Gasteiger partial charge in [-0.3, -0.25) is 4.65 Å². The molecule has 0 amide bonds.